The first-order valence-corrected chi connectivity index (χ1v) is 14.2. The Labute approximate surface area is 217 Å². The summed E-state index contributed by atoms with van der Waals surface area (Å²) >= 11 is 12.2. The number of para-hydroxylation sites is 1. The standard InChI is InChI=1S/C25H31Cl2N3O4S/c1-18(25(32)28-20-9-5-3-6-10-20)29(16-19-13-14-22(26)23(27)15-19)24(31)17-30(35(2,33)34)21-11-7-4-8-12-21/h4,7-8,11-15,18,20H,3,5-6,9-10,16-17H2,1-2H3,(H,28,32)/t18-/m1/s1. The lowest BCUT2D eigenvalue weighted by Gasteiger charge is -2.33. The number of rotatable bonds is 9. The van der Waals surface area contributed by atoms with Crippen molar-refractivity contribution in [3.63, 3.8) is 0 Å². The number of nitrogens with zero attached hydrogens (tertiary/aromatic N) is 2. The molecule has 2 amide bonds. The van der Waals surface area contributed by atoms with E-state index in [9.17, 15) is 18.0 Å². The maximum absolute atomic E-state index is 13.5. The molecule has 0 unspecified atom stereocenters. The van der Waals surface area contributed by atoms with Gasteiger partial charge in [0.1, 0.15) is 12.6 Å². The minimum Gasteiger partial charge on any atom is -0.352 e. The third kappa shape index (κ3) is 7.59. The van der Waals surface area contributed by atoms with Crippen molar-refractivity contribution in [3.8, 4) is 0 Å². The molecule has 1 atom stereocenters. The Bertz CT molecular complexity index is 1140. The lowest BCUT2D eigenvalue weighted by molar-refractivity contribution is -0.139. The molecule has 190 valence electrons. The molecule has 2 aromatic carbocycles. The van der Waals surface area contributed by atoms with Crippen LogP contribution < -0.4 is 9.62 Å². The van der Waals surface area contributed by atoms with Crippen molar-refractivity contribution in [3.05, 3.63) is 64.1 Å². The first-order chi connectivity index (χ1) is 16.6. The fourth-order valence-electron chi connectivity index (χ4n) is 4.19. The Kier molecular flexibility index (Phi) is 9.44. The molecule has 0 aromatic heterocycles. The SMILES string of the molecule is C[C@H](C(=O)NC1CCCCC1)N(Cc1ccc(Cl)c(Cl)c1)C(=O)CN(c1ccccc1)S(C)(=O)=O. The van der Waals surface area contributed by atoms with Gasteiger partial charge in [-0.05, 0) is 49.6 Å². The van der Waals surface area contributed by atoms with Crippen molar-refractivity contribution in [2.24, 2.45) is 0 Å². The molecule has 2 aromatic rings. The van der Waals surface area contributed by atoms with Crippen LogP contribution in [0.15, 0.2) is 48.5 Å². The Morgan fingerprint density at radius 2 is 1.69 bits per heavy atom. The van der Waals surface area contributed by atoms with Gasteiger partial charge >= 0.3 is 0 Å². The van der Waals surface area contributed by atoms with E-state index in [1.807, 2.05) is 0 Å². The van der Waals surface area contributed by atoms with E-state index >= 15 is 0 Å². The van der Waals surface area contributed by atoms with Gasteiger partial charge in [0.15, 0.2) is 0 Å². The first-order valence-electron chi connectivity index (χ1n) is 11.6. The second-order valence-corrected chi connectivity index (χ2v) is 11.6. The van der Waals surface area contributed by atoms with Crippen LogP contribution in [0.25, 0.3) is 0 Å². The summed E-state index contributed by atoms with van der Waals surface area (Å²) in [5, 5.41) is 3.77. The summed E-state index contributed by atoms with van der Waals surface area (Å²) in [5.74, 6) is -0.771. The van der Waals surface area contributed by atoms with Gasteiger partial charge in [-0.2, -0.15) is 0 Å². The van der Waals surface area contributed by atoms with Crippen LogP contribution in [-0.4, -0.2) is 50.0 Å². The fourth-order valence-corrected chi connectivity index (χ4v) is 5.36. The Balaban J connectivity index is 1.87. The summed E-state index contributed by atoms with van der Waals surface area (Å²) in [6, 6.07) is 12.7. The molecular formula is C25H31Cl2N3O4S. The van der Waals surface area contributed by atoms with Gasteiger partial charge in [-0.25, -0.2) is 8.42 Å². The molecule has 1 saturated carbocycles. The third-order valence-corrected chi connectivity index (χ3v) is 8.06. The van der Waals surface area contributed by atoms with Crippen LogP contribution >= 0.6 is 23.2 Å². The molecule has 0 aliphatic heterocycles. The lowest BCUT2D eigenvalue weighted by Crippen LogP contribution is -2.52. The highest BCUT2D eigenvalue weighted by molar-refractivity contribution is 7.92. The summed E-state index contributed by atoms with van der Waals surface area (Å²) in [7, 11) is -3.75. The number of anilines is 1. The van der Waals surface area contributed by atoms with E-state index in [0.717, 1.165) is 42.7 Å². The summed E-state index contributed by atoms with van der Waals surface area (Å²) in [6.07, 6.45) is 6.15. The second kappa shape index (κ2) is 12.1. The molecule has 10 heteroatoms. The van der Waals surface area contributed by atoms with Gasteiger partial charge in [0, 0.05) is 12.6 Å². The maximum Gasteiger partial charge on any atom is 0.244 e. The minimum absolute atomic E-state index is 0.0708. The summed E-state index contributed by atoms with van der Waals surface area (Å²) in [6.45, 7) is 1.29. The molecule has 1 aliphatic rings. The van der Waals surface area contributed by atoms with Crippen LogP contribution in [0.5, 0.6) is 0 Å². The molecule has 7 nitrogen and oxygen atoms in total. The van der Waals surface area contributed by atoms with Crippen LogP contribution in [0.3, 0.4) is 0 Å². The minimum atomic E-state index is -3.75. The molecule has 0 spiro atoms. The monoisotopic (exact) mass is 539 g/mol. The average molecular weight is 541 g/mol. The van der Waals surface area contributed by atoms with E-state index in [2.05, 4.69) is 5.32 Å². The van der Waals surface area contributed by atoms with Crippen molar-refractivity contribution in [2.45, 2.75) is 57.7 Å². The van der Waals surface area contributed by atoms with Gasteiger partial charge in [0.25, 0.3) is 0 Å². The highest BCUT2D eigenvalue weighted by Crippen LogP contribution is 2.25. The third-order valence-electron chi connectivity index (χ3n) is 6.18. The smallest absolute Gasteiger partial charge is 0.244 e. The van der Waals surface area contributed by atoms with Gasteiger partial charge in [0.2, 0.25) is 21.8 Å². The van der Waals surface area contributed by atoms with Gasteiger partial charge in [-0.3, -0.25) is 13.9 Å². The van der Waals surface area contributed by atoms with Crippen molar-refractivity contribution in [2.75, 3.05) is 17.1 Å². The van der Waals surface area contributed by atoms with E-state index < -0.39 is 28.5 Å². The Hall–Kier alpha value is -2.29. The van der Waals surface area contributed by atoms with Crippen LogP contribution in [0.1, 0.15) is 44.6 Å². The largest absolute Gasteiger partial charge is 0.352 e. The number of hydrogen-bond donors (Lipinski definition) is 1. The van der Waals surface area contributed by atoms with Crippen LogP contribution in [0.4, 0.5) is 5.69 Å². The zero-order valence-corrected chi connectivity index (χ0v) is 22.2. The van der Waals surface area contributed by atoms with Gasteiger partial charge in [-0.1, -0.05) is 66.7 Å². The van der Waals surface area contributed by atoms with E-state index in [1.54, 1.807) is 55.5 Å². The number of carbonyl (C=O) groups is 2. The predicted molar refractivity (Wildman–Crippen MR) is 140 cm³/mol. The molecule has 1 N–H and O–H groups in total. The lowest BCUT2D eigenvalue weighted by atomic mass is 9.95. The zero-order valence-electron chi connectivity index (χ0n) is 19.9. The number of amides is 2. The predicted octanol–water partition coefficient (Wildman–Crippen LogP) is 4.63. The van der Waals surface area contributed by atoms with Crippen molar-refractivity contribution in [1.29, 1.82) is 0 Å². The molecule has 1 aliphatic carbocycles. The zero-order chi connectivity index (χ0) is 25.6. The van der Waals surface area contributed by atoms with Gasteiger partial charge < -0.3 is 10.2 Å². The maximum atomic E-state index is 13.5. The Morgan fingerprint density at radius 1 is 1.03 bits per heavy atom. The number of benzene rings is 2. The fraction of sp³-hybridized carbons (Fsp3) is 0.440. The molecule has 1 fully saturated rings. The normalized spacial score (nSPS) is 15.3. The Morgan fingerprint density at radius 3 is 2.29 bits per heavy atom. The van der Waals surface area contributed by atoms with E-state index in [0.29, 0.717) is 21.3 Å². The second-order valence-electron chi connectivity index (χ2n) is 8.89. The molecule has 3 rings (SSSR count). The molecule has 0 saturated heterocycles. The van der Waals surface area contributed by atoms with Gasteiger partial charge in [0.05, 0.1) is 22.0 Å². The topological polar surface area (TPSA) is 86.8 Å². The number of sulfonamides is 1. The summed E-state index contributed by atoms with van der Waals surface area (Å²) in [5.41, 5.74) is 1.05. The molecule has 0 heterocycles. The van der Waals surface area contributed by atoms with E-state index in [-0.39, 0.29) is 18.5 Å². The summed E-state index contributed by atoms with van der Waals surface area (Å²) in [4.78, 5) is 28.1. The van der Waals surface area contributed by atoms with E-state index in [1.165, 1.54) is 4.90 Å². The van der Waals surface area contributed by atoms with Crippen LogP contribution in [-0.2, 0) is 26.2 Å². The molecular weight excluding hydrogens is 509 g/mol. The highest BCUT2D eigenvalue weighted by Gasteiger charge is 2.31. The number of hydrogen-bond acceptors (Lipinski definition) is 4. The van der Waals surface area contributed by atoms with Crippen LogP contribution in [0.2, 0.25) is 10.0 Å². The van der Waals surface area contributed by atoms with Gasteiger partial charge in [-0.15, -0.1) is 0 Å². The quantitative estimate of drug-likeness (QED) is 0.503. The van der Waals surface area contributed by atoms with E-state index in [4.69, 9.17) is 23.2 Å². The molecule has 0 bridgehead atoms. The van der Waals surface area contributed by atoms with Crippen LogP contribution in [0, 0.1) is 0 Å². The molecule has 0 radical (unpaired) electrons. The first kappa shape index (κ1) is 27.3. The number of nitrogens with one attached hydrogen (secondary N) is 1. The summed E-state index contributed by atoms with van der Waals surface area (Å²) < 4.78 is 26.1. The number of carbonyl (C=O) groups excluding carboxylic acids is 2. The number of halogens is 2. The van der Waals surface area contributed by atoms with Crippen molar-refractivity contribution >= 4 is 50.7 Å². The molecule has 35 heavy (non-hydrogen) atoms. The van der Waals surface area contributed by atoms with Crippen molar-refractivity contribution < 1.29 is 18.0 Å². The van der Waals surface area contributed by atoms with Crippen molar-refractivity contribution in [1.82, 2.24) is 10.2 Å². The highest BCUT2D eigenvalue weighted by atomic mass is 35.5. The average Bonchev–Trinajstić information content (AvgIpc) is 2.83.